The summed E-state index contributed by atoms with van der Waals surface area (Å²) in [6, 6.07) is 4.92. The van der Waals surface area contributed by atoms with E-state index in [0.29, 0.717) is 5.88 Å². The SMILES string of the molecule is CC(CCl)CNc1ccccc1S(=O)(=O)C(F)(F)F. The van der Waals surface area contributed by atoms with Crippen LogP contribution in [0.15, 0.2) is 29.2 Å². The number of nitrogens with one attached hydrogen (secondary N) is 1. The first-order chi connectivity index (χ1) is 8.70. The Kier molecular flexibility index (Phi) is 5.09. The van der Waals surface area contributed by atoms with Crippen LogP contribution in [0.5, 0.6) is 0 Å². The first-order valence-corrected chi connectivity index (χ1v) is 7.42. The highest BCUT2D eigenvalue weighted by atomic mass is 35.5. The average Bonchev–Trinajstić information content (AvgIpc) is 2.34. The maximum atomic E-state index is 12.5. The van der Waals surface area contributed by atoms with E-state index in [1.54, 1.807) is 6.92 Å². The Morgan fingerprint density at radius 2 is 1.89 bits per heavy atom. The quantitative estimate of drug-likeness (QED) is 0.848. The van der Waals surface area contributed by atoms with Gasteiger partial charge in [0.1, 0.15) is 0 Å². The minimum Gasteiger partial charge on any atom is -0.384 e. The van der Waals surface area contributed by atoms with Crippen molar-refractivity contribution in [2.24, 2.45) is 5.92 Å². The molecule has 0 aliphatic heterocycles. The number of hydrogen-bond acceptors (Lipinski definition) is 3. The molecule has 1 rings (SSSR count). The predicted molar refractivity (Wildman–Crippen MR) is 68.1 cm³/mol. The Morgan fingerprint density at radius 3 is 2.42 bits per heavy atom. The van der Waals surface area contributed by atoms with Crippen LogP contribution in [0.2, 0.25) is 0 Å². The topological polar surface area (TPSA) is 46.2 Å². The van der Waals surface area contributed by atoms with Gasteiger partial charge in [-0.15, -0.1) is 11.6 Å². The molecule has 1 unspecified atom stereocenters. The Balaban J connectivity index is 3.10. The van der Waals surface area contributed by atoms with Crippen LogP contribution in [0, 0.1) is 5.92 Å². The normalized spacial score (nSPS) is 14.2. The lowest BCUT2D eigenvalue weighted by molar-refractivity contribution is -0.0435. The summed E-state index contributed by atoms with van der Waals surface area (Å²) in [5, 5.41) is 2.68. The lowest BCUT2D eigenvalue weighted by Crippen LogP contribution is -2.25. The third kappa shape index (κ3) is 3.76. The Bertz CT molecular complexity index is 531. The van der Waals surface area contributed by atoms with Crippen molar-refractivity contribution >= 4 is 27.1 Å². The van der Waals surface area contributed by atoms with Gasteiger partial charge in [-0.1, -0.05) is 19.1 Å². The summed E-state index contributed by atoms with van der Waals surface area (Å²) in [5.74, 6) is 0.324. The van der Waals surface area contributed by atoms with Gasteiger partial charge >= 0.3 is 5.51 Å². The largest absolute Gasteiger partial charge is 0.501 e. The van der Waals surface area contributed by atoms with Crippen molar-refractivity contribution in [3.8, 4) is 0 Å². The first-order valence-electron chi connectivity index (χ1n) is 5.40. The highest BCUT2D eigenvalue weighted by Gasteiger charge is 2.47. The van der Waals surface area contributed by atoms with E-state index in [1.807, 2.05) is 0 Å². The number of rotatable bonds is 5. The van der Waals surface area contributed by atoms with Crippen LogP contribution in [-0.4, -0.2) is 26.4 Å². The molecule has 3 nitrogen and oxygen atoms in total. The zero-order valence-corrected chi connectivity index (χ0v) is 11.6. The van der Waals surface area contributed by atoms with Crippen LogP contribution in [0.1, 0.15) is 6.92 Å². The van der Waals surface area contributed by atoms with E-state index in [-0.39, 0.29) is 18.2 Å². The zero-order chi connectivity index (χ0) is 14.7. The minimum absolute atomic E-state index is 0.00307. The summed E-state index contributed by atoms with van der Waals surface area (Å²) in [6.07, 6.45) is 0. The predicted octanol–water partition coefficient (Wildman–Crippen LogP) is 3.27. The number of para-hydroxylation sites is 1. The number of alkyl halides is 4. The number of sulfone groups is 1. The fourth-order valence-corrected chi connectivity index (χ4v) is 2.36. The van der Waals surface area contributed by atoms with Gasteiger partial charge in [0.2, 0.25) is 0 Å². The number of halogens is 4. The second-order valence-electron chi connectivity index (χ2n) is 4.09. The fourth-order valence-electron chi connectivity index (χ4n) is 1.31. The molecule has 0 saturated heterocycles. The molecule has 1 N–H and O–H groups in total. The third-order valence-electron chi connectivity index (χ3n) is 2.39. The summed E-state index contributed by atoms with van der Waals surface area (Å²) >= 11 is 5.58. The Morgan fingerprint density at radius 1 is 1.32 bits per heavy atom. The van der Waals surface area contributed by atoms with E-state index < -0.39 is 20.2 Å². The highest BCUT2D eigenvalue weighted by Crippen LogP contribution is 2.34. The maximum absolute atomic E-state index is 12.5. The van der Waals surface area contributed by atoms with Crippen molar-refractivity contribution in [1.29, 1.82) is 0 Å². The molecule has 0 fully saturated rings. The van der Waals surface area contributed by atoms with Gasteiger partial charge in [-0.05, 0) is 18.1 Å². The van der Waals surface area contributed by atoms with Gasteiger partial charge in [-0.25, -0.2) is 8.42 Å². The van der Waals surface area contributed by atoms with Crippen LogP contribution in [-0.2, 0) is 9.84 Å². The molecular weight excluding hydrogens is 303 g/mol. The van der Waals surface area contributed by atoms with E-state index in [1.165, 1.54) is 18.2 Å². The van der Waals surface area contributed by atoms with E-state index in [2.05, 4.69) is 5.32 Å². The van der Waals surface area contributed by atoms with E-state index in [0.717, 1.165) is 6.07 Å². The number of benzene rings is 1. The monoisotopic (exact) mass is 315 g/mol. The Hall–Kier alpha value is -0.950. The van der Waals surface area contributed by atoms with Crippen LogP contribution >= 0.6 is 11.6 Å². The molecule has 0 aromatic heterocycles. The van der Waals surface area contributed by atoms with Crippen LogP contribution in [0.4, 0.5) is 18.9 Å². The van der Waals surface area contributed by atoms with Crippen molar-refractivity contribution in [3.05, 3.63) is 24.3 Å². The molecule has 0 spiro atoms. The lowest BCUT2D eigenvalue weighted by atomic mass is 10.2. The first kappa shape index (κ1) is 16.1. The molecule has 8 heteroatoms. The molecule has 0 bridgehead atoms. The van der Waals surface area contributed by atoms with Gasteiger partial charge in [0.15, 0.2) is 0 Å². The molecule has 0 aliphatic rings. The van der Waals surface area contributed by atoms with Gasteiger partial charge < -0.3 is 5.32 Å². The molecular formula is C11H13ClF3NO2S. The third-order valence-corrected chi connectivity index (χ3v) is 4.46. The summed E-state index contributed by atoms with van der Waals surface area (Å²) in [7, 11) is -5.36. The van der Waals surface area contributed by atoms with E-state index >= 15 is 0 Å². The zero-order valence-electron chi connectivity index (χ0n) is 10.0. The smallest absolute Gasteiger partial charge is 0.384 e. The van der Waals surface area contributed by atoms with Gasteiger partial charge in [0.05, 0.1) is 10.6 Å². The average molecular weight is 316 g/mol. The molecule has 0 heterocycles. The van der Waals surface area contributed by atoms with E-state index in [4.69, 9.17) is 11.6 Å². The number of anilines is 1. The second kappa shape index (κ2) is 6.00. The van der Waals surface area contributed by atoms with Crippen molar-refractivity contribution < 1.29 is 21.6 Å². The molecule has 0 amide bonds. The summed E-state index contributed by atoms with van der Waals surface area (Å²) in [4.78, 5) is -0.774. The molecule has 1 atom stereocenters. The lowest BCUT2D eigenvalue weighted by Gasteiger charge is -2.15. The van der Waals surface area contributed by atoms with Crippen molar-refractivity contribution in [1.82, 2.24) is 0 Å². The number of hydrogen-bond donors (Lipinski definition) is 1. The molecule has 108 valence electrons. The van der Waals surface area contributed by atoms with Crippen LogP contribution in [0.25, 0.3) is 0 Å². The van der Waals surface area contributed by atoms with Crippen molar-refractivity contribution in [2.45, 2.75) is 17.3 Å². The summed E-state index contributed by atoms with van der Waals surface area (Å²) < 4.78 is 60.4. The summed E-state index contributed by atoms with van der Waals surface area (Å²) in [5.41, 5.74) is -5.39. The molecule has 0 saturated carbocycles. The van der Waals surface area contributed by atoms with Gasteiger partial charge in [-0.3, -0.25) is 0 Å². The molecule has 19 heavy (non-hydrogen) atoms. The van der Waals surface area contributed by atoms with E-state index in [9.17, 15) is 21.6 Å². The molecule has 1 aromatic carbocycles. The molecule has 0 radical (unpaired) electrons. The van der Waals surface area contributed by atoms with Crippen molar-refractivity contribution in [3.63, 3.8) is 0 Å². The summed E-state index contributed by atoms with van der Waals surface area (Å²) in [6.45, 7) is 2.08. The van der Waals surface area contributed by atoms with Gasteiger partial charge in [0.25, 0.3) is 9.84 Å². The molecule has 0 aliphatic carbocycles. The minimum atomic E-state index is -5.36. The maximum Gasteiger partial charge on any atom is 0.501 e. The molecule has 1 aromatic rings. The second-order valence-corrected chi connectivity index (χ2v) is 6.30. The standard InChI is InChI=1S/C11H13ClF3NO2S/c1-8(6-12)7-16-9-4-2-3-5-10(9)19(17,18)11(13,14)15/h2-5,8,16H,6-7H2,1H3. The van der Waals surface area contributed by atoms with Crippen LogP contribution < -0.4 is 5.32 Å². The van der Waals surface area contributed by atoms with Crippen LogP contribution in [0.3, 0.4) is 0 Å². The highest BCUT2D eigenvalue weighted by molar-refractivity contribution is 7.92. The Labute approximate surface area is 114 Å². The van der Waals surface area contributed by atoms with Crippen molar-refractivity contribution in [2.75, 3.05) is 17.7 Å². The van der Waals surface area contributed by atoms with Gasteiger partial charge in [-0.2, -0.15) is 13.2 Å². The fraction of sp³-hybridized carbons (Fsp3) is 0.455. The van der Waals surface area contributed by atoms with Gasteiger partial charge in [0, 0.05) is 12.4 Å².